The van der Waals surface area contributed by atoms with Crippen molar-refractivity contribution in [1.82, 2.24) is 25.5 Å². The number of anilines is 1. The quantitative estimate of drug-likeness (QED) is 0.282. The third kappa shape index (κ3) is 5.64. The molecule has 0 radical (unpaired) electrons. The molecule has 0 bridgehead atoms. The molecule has 3 heterocycles. The van der Waals surface area contributed by atoms with Gasteiger partial charge in [0.15, 0.2) is 0 Å². The Kier molecular flexibility index (Phi) is 7.75. The molecule has 2 aliphatic rings. The van der Waals surface area contributed by atoms with Crippen LogP contribution in [-0.2, 0) is 11.3 Å². The number of halogens is 1. The highest BCUT2D eigenvalue weighted by Crippen LogP contribution is 2.41. The maximum atomic E-state index is 13.6. The van der Waals surface area contributed by atoms with Gasteiger partial charge in [-0.05, 0) is 78.7 Å². The summed E-state index contributed by atoms with van der Waals surface area (Å²) in [5, 5.41) is 14.0. The van der Waals surface area contributed by atoms with Crippen molar-refractivity contribution in [3.05, 3.63) is 72.0 Å². The zero-order chi connectivity index (χ0) is 29.1. The molecular formula is C31H33FN6O4. The lowest BCUT2D eigenvalue weighted by Crippen LogP contribution is -2.46. The Morgan fingerprint density at radius 3 is 2.19 bits per heavy atom. The fraction of sp³-hybridized carbons (Fsp3) is 0.355. The molecule has 1 aromatic heterocycles. The third-order valence-electron chi connectivity index (χ3n) is 7.78. The lowest BCUT2D eigenvalue weighted by Gasteiger charge is -2.37. The van der Waals surface area contributed by atoms with E-state index >= 15 is 0 Å². The lowest BCUT2D eigenvalue weighted by molar-refractivity contribution is -0.00100. The van der Waals surface area contributed by atoms with Crippen molar-refractivity contribution < 1.29 is 23.4 Å². The molecule has 2 saturated heterocycles. The van der Waals surface area contributed by atoms with Crippen LogP contribution in [0, 0.1) is 5.82 Å². The minimum atomic E-state index is -0.515. The highest BCUT2D eigenvalue weighted by molar-refractivity contribution is 5.90. The molecule has 0 unspecified atom stereocenters. The number of aromatic nitrogens is 4. The predicted octanol–water partition coefficient (Wildman–Crippen LogP) is 5.46. The number of H-pyrrole nitrogens is 1. The Hall–Kier alpha value is -4.51. The van der Waals surface area contributed by atoms with Crippen LogP contribution in [0.15, 0.2) is 60.7 Å². The maximum Gasteiger partial charge on any atom is 0.415 e. The van der Waals surface area contributed by atoms with Gasteiger partial charge in [-0.15, -0.1) is 10.2 Å². The summed E-state index contributed by atoms with van der Waals surface area (Å²) in [5.41, 5.74) is 3.80. The van der Waals surface area contributed by atoms with E-state index in [4.69, 9.17) is 14.2 Å². The molecule has 4 aromatic rings. The molecule has 1 N–H and O–H groups in total. The summed E-state index contributed by atoms with van der Waals surface area (Å²) in [5.74, 6) is 1.64. The number of rotatable bonds is 9. The zero-order valence-electron chi connectivity index (χ0n) is 23.7. The number of hydrogen-bond acceptors (Lipinski definition) is 8. The van der Waals surface area contributed by atoms with E-state index < -0.39 is 5.60 Å². The molecule has 11 heteroatoms. The van der Waals surface area contributed by atoms with Gasteiger partial charge in [0.2, 0.25) is 5.82 Å². The van der Waals surface area contributed by atoms with E-state index in [1.54, 1.807) is 17.0 Å². The maximum absolute atomic E-state index is 13.6. The summed E-state index contributed by atoms with van der Waals surface area (Å²) in [4.78, 5) is 17.0. The molecule has 218 valence electrons. The first-order chi connectivity index (χ1) is 20.5. The molecule has 0 atom stereocenters. The fourth-order valence-electron chi connectivity index (χ4n) is 5.71. The molecule has 1 spiro atoms. The van der Waals surface area contributed by atoms with Gasteiger partial charge in [-0.2, -0.15) is 5.21 Å². The Labute approximate surface area is 243 Å². The Balaban J connectivity index is 1.14. The minimum Gasteiger partial charge on any atom is -0.493 e. The number of piperidine rings is 1. The second-order valence-corrected chi connectivity index (χ2v) is 10.5. The van der Waals surface area contributed by atoms with Crippen LogP contribution in [0.4, 0.5) is 14.9 Å². The Bertz CT molecular complexity index is 1490. The second-order valence-electron chi connectivity index (χ2n) is 10.5. The van der Waals surface area contributed by atoms with Gasteiger partial charge >= 0.3 is 6.09 Å². The van der Waals surface area contributed by atoms with Crippen molar-refractivity contribution in [1.29, 1.82) is 0 Å². The molecule has 0 aliphatic carbocycles. The van der Waals surface area contributed by atoms with Crippen molar-refractivity contribution in [2.24, 2.45) is 0 Å². The van der Waals surface area contributed by atoms with Gasteiger partial charge in [0.25, 0.3) is 0 Å². The highest BCUT2D eigenvalue weighted by Gasteiger charge is 2.47. The van der Waals surface area contributed by atoms with E-state index in [-0.39, 0.29) is 11.9 Å². The largest absolute Gasteiger partial charge is 0.493 e. The van der Waals surface area contributed by atoms with Gasteiger partial charge in [0, 0.05) is 43.7 Å². The number of tetrazole rings is 1. The number of likely N-dealkylation sites (tertiary alicyclic amines) is 1. The smallest absolute Gasteiger partial charge is 0.415 e. The summed E-state index contributed by atoms with van der Waals surface area (Å²) in [6.07, 6.45) is 1.15. The van der Waals surface area contributed by atoms with Crippen LogP contribution in [0.1, 0.15) is 32.3 Å². The van der Waals surface area contributed by atoms with E-state index in [1.165, 1.54) is 12.1 Å². The van der Waals surface area contributed by atoms with Crippen molar-refractivity contribution in [2.75, 3.05) is 37.7 Å². The molecule has 42 heavy (non-hydrogen) atoms. The van der Waals surface area contributed by atoms with Gasteiger partial charge in [0.05, 0.1) is 25.3 Å². The summed E-state index contributed by atoms with van der Waals surface area (Å²) in [6, 6.07) is 18.0. The molecule has 1 amide bonds. The van der Waals surface area contributed by atoms with Gasteiger partial charge < -0.3 is 14.2 Å². The standard InChI is InChI=1S/C31H33FN6O4/c1-3-40-26-17-21(18-27(41-4-2)28(26)22-5-9-24(32)10-6-22)19-37-15-13-31(14-16-37)20-38(30(39)42-31)25-11-7-23(8-12-25)29-33-35-36-34-29/h5-12,17-18H,3-4,13-16,19-20H2,1-2H3,(H,33,34,35,36). The summed E-state index contributed by atoms with van der Waals surface area (Å²) >= 11 is 0. The Morgan fingerprint density at radius 2 is 1.60 bits per heavy atom. The number of hydrogen-bond donors (Lipinski definition) is 1. The molecule has 3 aromatic carbocycles. The number of nitrogens with zero attached hydrogens (tertiary/aromatic N) is 5. The van der Waals surface area contributed by atoms with E-state index in [9.17, 15) is 9.18 Å². The zero-order valence-corrected chi connectivity index (χ0v) is 23.7. The van der Waals surface area contributed by atoms with Gasteiger partial charge in [-0.1, -0.05) is 12.1 Å². The first kappa shape index (κ1) is 27.6. The first-order valence-electron chi connectivity index (χ1n) is 14.2. The van der Waals surface area contributed by atoms with Crippen molar-refractivity contribution in [3.63, 3.8) is 0 Å². The lowest BCUT2D eigenvalue weighted by atomic mass is 9.91. The number of benzene rings is 3. The topological polar surface area (TPSA) is 106 Å². The number of nitrogens with one attached hydrogen (secondary N) is 1. The van der Waals surface area contributed by atoms with Gasteiger partial charge in [-0.25, -0.2) is 9.18 Å². The summed E-state index contributed by atoms with van der Waals surface area (Å²) in [7, 11) is 0. The van der Waals surface area contributed by atoms with E-state index in [0.717, 1.165) is 53.9 Å². The number of aromatic amines is 1. The molecule has 10 nitrogen and oxygen atoms in total. The molecular weight excluding hydrogens is 539 g/mol. The molecule has 0 saturated carbocycles. The summed E-state index contributed by atoms with van der Waals surface area (Å²) in [6.45, 7) is 7.66. The molecule has 2 fully saturated rings. The number of carbonyl (C=O) groups is 1. The number of ether oxygens (including phenoxy) is 3. The van der Waals surface area contributed by atoms with Crippen LogP contribution >= 0.6 is 0 Å². The molecule has 2 aliphatic heterocycles. The molecule has 6 rings (SSSR count). The van der Waals surface area contributed by atoms with E-state index in [1.807, 2.05) is 50.2 Å². The SMILES string of the molecule is CCOc1cc(CN2CCC3(CC2)CN(c2ccc(-c4nn[nH]n4)cc2)C(=O)O3)cc(OCC)c1-c1ccc(F)cc1. The van der Waals surface area contributed by atoms with Crippen LogP contribution in [-0.4, -0.2) is 70.1 Å². The Morgan fingerprint density at radius 1 is 0.952 bits per heavy atom. The first-order valence-corrected chi connectivity index (χ1v) is 14.2. The van der Waals surface area contributed by atoms with Gasteiger partial charge in [-0.3, -0.25) is 9.80 Å². The summed E-state index contributed by atoms with van der Waals surface area (Å²) < 4.78 is 31.7. The highest BCUT2D eigenvalue weighted by atomic mass is 19.1. The average Bonchev–Trinajstić information content (AvgIpc) is 3.64. The van der Waals surface area contributed by atoms with Crippen LogP contribution in [0.3, 0.4) is 0 Å². The number of amides is 1. The second kappa shape index (κ2) is 11.8. The average molecular weight is 573 g/mol. The normalized spacial score (nSPS) is 16.5. The van der Waals surface area contributed by atoms with Crippen LogP contribution in [0.2, 0.25) is 0 Å². The van der Waals surface area contributed by atoms with Crippen LogP contribution < -0.4 is 14.4 Å². The minimum absolute atomic E-state index is 0.288. The van der Waals surface area contributed by atoms with Crippen molar-refractivity contribution >= 4 is 11.8 Å². The van der Waals surface area contributed by atoms with Crippen molar-refractivity contribution in [3.8, 4) is 34.0 Å². The van der Waals surface area contributed by atoms with E-state index in [2.05, 4.69) is 25.5 Å². The monoisotopic (exact) mass is 572 g/mol. The van der Waals surface area contributed by atoms with Crippen LogP contribution in [0.25, 0.3) is 22.5 Å². The van der Waals surface area contributed by atoms with Crippen LogP contribution in [0.5, 0.6) is 11.5 Å². The third-order valence-corrected chi connectivity index (χ3v) is 7.78. The van der Waals surface area contributed by atoms with Gasteiger partial charge in [0.1, 0.15) is 22.9 Å². The predicted molar refractivity (Wildman–Crippen MR) is 155 cm³/mol. The number of carbonyl (C=O) groups excluding carboxylic acids is 1. The van der Waals surface area contributed by atoms with Crippen molar-refractivity contribution in [2.45, 2.75) is 38.8 Å². The van der Waals surface area contributed by atoms with E-state index in [0.29, 0.717) is 43.6 Å². The fourth-order valence-corrected chi connectivity index (χ4v) is 5.71.